The van der Waals surface area contributed by atoms with Gasteiger partial charge < -0.3 is 10.6 Å². The van der Waals surface area contributed by atoms with Gasteiger partial charge in [0.1, 0.15) is 10.5 Å². The normalized spacial score (nSPS) is 12.1. The van der Waals surface area contributed by atoms with E-state index in [1.54, 1.807) is 0 Å². The summed E-state index contributed by atoms with van der Waals surface area (Å²) in [6, 6.07) is 51.9. The summed E-state index contributed by atoms with van der Waals surface area (Å²) in [6.07, 6.45) is 0. The highest BCUT2D eigenvalue weighted by Gasteiger charge is 2.24. The highest BCUT2D eigenvalue weighted by molar-refractivity contribution is 8.00. The molecule has 0 fully saturated rings. The minimum Gasteiger partial charge on any atom is -0.325 e. The summed E-state index contributed by atoms with van der Waals surface area (Å²) < 4.78 is 0. The number of carbonyl (C=O) groups is 2. The maximum atomic E-state index is 13.7. The van der Waals surface area contributed by atoms with E-state index >= 15 is 0 Å². The number of aryl methyl sites for hydroxylation is 2. The SMILES string of the molecule is Cc1cc(-c2ccc(NC(=O)C(Sc3ccccc3)c3ccccc3)c(C)c2)ccc1NC(=O)C(Sc1ccccc1)c1ccccc1. The quantitative estimate of drug-likeness (QED) is 0.135. The van der Waals surface area contributed by atoms with Crippen LogP contribution < -0.4 is 10.6 Å². The fourth-order valence-corrected chi connectivity index (χ4v) is 7.53. The van der Waals surface area contributed by atoms with Gasteiger partial charge in [0.15, 0.2) is 0 Å². The lowest BCUT2D eigenvalue weighted by molar-refractivity contribution is -0.116. The van der Waals surface area contributed by atoms with Gasteiger partial charge in [-0.1, -0.05) is 109 Å². The molecule has 0 radical (unpaired) electrons. The average Bonchev–Trinajstić information content (AvgIpc) is 3.12. The number of benzene rings is 6. The molecule has 2 amide bonds. The predicted octanol–water partition coefficient (Wildman–Crippen LogP) is 10.9. The minimum absolute atomic E-state index is 0.0684. The molecule has 0 aliphatic rings. The molecule has 0 heterocycles. The van der Waals surface area contributed by atoms with Crippen LogP contribution in [0.5, 0.6) is 0 Å². The van der Waals surface area contributed by atoms with E-state index in [1.165, 1.54) is 23.5 Å². The molecule has 0 spiro atoms. The maximum absolute atomic E-state index is 13.7. The molecule has 4 nitrogen and oxygen atoms in total. The number of nitrogens with one attached hydrogen (secondary N) is 2. The first-order chi connectivity index (χ1) is 23.4. The predicted molar refractivity (Wildman–Crippen MR) is 202 cm³/mol. The van der Waals surface area contributed by atoms with E-state index in [2.05, 4.69) is 22.8 Å². The Morgan fingerprint density at radius 2 is 0.792 bits per heavy atom. The van der Waals surface area contributed by atoms with Crippen molar-refractivity contribution in [1.29, 1.82) is 0 Å². The lowest BCUT2D eigenvalue weighted by Crippen LogP contribution is -2.19. The molecule has 0 aliphatic carbocycles. The van der Waals surface area contributed by atoms with Crippen LogP contribution in [0.1, 0.15) is 32.8 Å². The van der Waals surface area contributed by atoms with Crippen molar-refractivity contribution in [2.45, 2.75) is 34.1 Å². The van der Waals surface area contributed by atoms with Gasteiger partial charge in [-0.25, -0.2) is 0 Å². The van der Waals surface area contributed by atoms with Crippen LogP contribution in [0.4, 0.5) is 11.4 Å². The summed E-state index contributed by atoms with van der Waals surface area (Å²) in [7, 11) is 0. The summed E-state index contributed by atoms with van der Waals surface area (Å²) in [5.74, 6) is -0.137. The van der Waals surface area contributed by atoms with Gasteiger partial charge in [-0.15, -0.1) is 23.5 Å². The van der Waals surface area contributed by atoms with Crippen molar-refractivity contribution >= 4 is 46.7 Å². The van der Waals surface area contributed by atoms with E-state index < -0.39 is 10.5 Å². The number of anilines is 2. The first-order valence-corrected chi connectivity index (χ1v) is 17.6. The third-order valence-electron chi connectivity index (χ3n) is 7.98. The van der Waals surface area contributed by atoms with Crippen LogP contribution in [0.25, 0.3) is 11.1 Å². The van der Waals surface area contributed by atoms with Gasteiger partial charge in [0.2, 0.25) is 11.8 Å². The number of amides is 2. The highest BCUT2D eigenvalue weighted by Crippen LogP contribution is 2.38. The number of rotatable bonds is 11. The molecule has 0 aliphatic heterocycles. The van der Waals surface area contributed by atoms with Crippen LogP contribution in [0.15, 0.2) is 168 Å². The van der Waals surface area contributed by atoms with E-state index in [4.69, 9.17) is 0 Å². The minimum atomic E-state index is -0.398. The van der Waals surface area contributed by atoms with Crippen LogP contribution in [0.3, 0.4) is 0 Å². The van der Waals surface area contributed by atoms with Gasteiger partial charge in [-0.3, -0.25) is 9.59 Å². The molecule has 6 rings (SSSR count). The maximum Gasteiger partial charge on any atom is 0.242 e. The first-order valence-electron chi connectivity index (χ1n) is 15.8. The smallest absolute Gasteiger partial charge is 0.242 e. The third kappa shape index (κ3) is 8.26. The Bertz CT molecular complexity index is 1840. The van der Waals surface area contributed by atoms with E-state index in [1.807, 2.05) is 159 Å². The Labute approximate surface area is 291 Å². The zero-order valence-corrected chi connectivity index (χ0v) is 28.4. The van der Waals surface area contributed by atoms with Crippen molar-refractivity contribution < 1.29 is 9.59 Å². The summed E-state index contributed by atoms with van der Waals surface area (Å²) in [4.78, 5) is 29.4. The largest absolute Gasteiger partial charge is 0.325 e. The Morgan fingerprint density at radius 3 is 1.12 bits per heavy atom. The molecule has 0 bridgehead atoms. The molecule has 238 valence electrons. The van der Waals surface area contributed by atoms with Crippen molar-refractivity contribution in [1.82, 2.24) is 0 Å². The zero-order chi connectivity index (χ0) is 33.3. The molecule has 2 atom stereocenters. The molecule has 6 aromatic rings. The molecule has 6 heteroatoms. The van der Waals surface area contributed by atoms with E-state index in [-0.39, 0.29) is 11.8 Å². The second-order valence-electron chi connectivity index (χ2n) is 11.5. The van der Waals surface area contributed by atoms with Crippen LogP contribution in [-0.2, 0) is 9.59 Å². The molecule has 0 saturated carbocycles. The Balaban J connectivity index is 1.17. The van der Waals surface area contributed by atoms with Crippen molar-refractivity contribution in [3.63, 3.8) is 0 Å². The number of carbonyl (C=O) groups excluding carboxylic acids is 2. The van der Waals surface area contributed by atoms with Crippen LogP contribution in [0.2, 0.25) is 0 Å². The molecule has 0 aromatic heterocycles. The molecule has 48 heavy (non-hydrogen) atoms. The Morgan fingerprint density at radius 1 is 0.458 bits per heavy atom. The fraction of sp³-hybridized carbons (Fsp3) is 0.0952. The first kappa shape index (κ1) is 32.9. The van der Waals surface area contributed by atoms with Crippen molar-refractivity contribution in [2.24, 2.45) is 0 Å². The van der Waals surface area contributed by atoms with E-state index in [0.29, 0.717) is 0 Å². The van der Waals surface area contributed by atoms with Crippen LogP contribution in [0, 0.1) is 13.8 Å². The van der Waals surface area contributed by atoms with Gasteiger partial charge in [0.25, 0.3) is 0 Å². The molecule has 2 unspecified atom stereocenters. The van der Waals surface area contributed by atoms with Gasteiger partial charge in [0.05, 0.1) is 0 Å². The summed E-state index contributed by atoms with van der Waals surface area (Å²) in [6.45, 7) is 4.02. The fourth-order valence-electron chi connectivity index (χ4n) is 5.44. The molecule has 6 aromatic carbocycles. The van der Waals surface area contributed by atoms with Crippen LogP contribution >= 0.6 is 23.5 Å². The van der Waals surface area contributed by atoms with Crippen molar-refractivity contribution in [2.75, 3.05) is 10.6 Å². The highest BCUT2D eigenvalue weighted by atomic mass is 32.2. The molecular formula is C42H36N2O2S2. The topological polar surface area (TPSA) is 58.2 Å². The monoisotopic (exact) mass is 664 g/mol. The lowest BCUT2D eigenvalue weighted by Gasteiger charge is -2.19. The molecular weight excluding hydrogens is 629 g/mol. The van der Waals surface area contributed by atoms with Crippen molar-refractivity contribution in [3.8, 4) is 11.1 Å². The summed E-state index contributed by atoms with van der Waals surface area (Å²) in [5, 5.41) is 5.57. The standard InChI is InChI=1S/C42H36N2O2S2/c1-29-27-33(23-25-37(29)43-41(45)39(31-15-7-3-8-16-31)47-35-19-11-5-12-20-35)34-24-26-38(30(2)28-34)44-42(46)40(32-17-9-4-10-18-32)48-36-21-13-6-14-22-36/h3-28,39-40H,1-2H3,(H,43,45)(H,44,46). The average molecular weight is 665 g/mol. The Kier molecular flexibility index (Phi) is 10.8. The summed E-state index contributed by atoms with van der Waals surface area (Å²) in [5.41, 5.74) is 7.47. The zero-order valence-electron chi connectivity index (χ0n) is 26.8. The lowest BCUT2D eigenvalue weighted by atomic mass is 9.99. The number of hydrogen-bond acceptors (Lipinski definition) is 4. The van der Waals surface area contributed by atoms with Crippen LogP contribution in [-0.4, -0.2) is 11.8 Å². The third-order valence-corrected chi connectivity index (χ3v) is 10.5. The van der Waals surface area contributed by atoms with Gasteiger partial charge >= 0.3 is 0 Å². The molecule has 0 saturated heterocycles. The van der Waals surface area contributed by atoms with Gasteiger partial charge in [-0.05, 0) is 95.8 Å². The molecule has 2 N–H and O–H groups in total. The van der Waals surface area contributed by atoms with Crippen molar-refractivity contribution in [3.05, 3.63) is 180 Å². The number of hydrogen-bond donors (Lipinski definition) is 2. The Hall–Kier alpha value is -5.04. The number of thioether (sulfide) groups is 2. The van der Waals surface area contributed by atoms with E-state index in [0.717, 1.165) is 54.5 Å². The van der Waals surface area contributed by atoms with E-state index in [9.17, 15) is 9.59 Å². The second kappa shape index (κ2) is 15.7. The van der Waals surface area contributed by atoms with Gasteiger partial charge in [-0.2, -0.15) is 0 Å². The second-order valence-corrected chi connectivity index (χ2v) is 13.8. The van der Waals surface area contributed by atoms with Gasteiger partial charge in [0, 0.05) is 21.2 Å². The summed E-state index contributed by atoms with van der Waals surface area (Å²) >= 11 is 3.08.